The standard InChI is InChI=1S/C15H20N2O3S2/c1-10-13(18)17(14(21)16-10)12-7-5-6-11(8-12)9-22(19,20)15(2,3)4/h5-8,10H,9H2,1-4H3,(H,16,21). The number of hydrogen-bond donors (Lipinski definition) is 1. The summed E-state index contributed by atoms with van der Waals surface area (Å²) in [6.07, 6.45) is 0. The lowest BCUT2D eigenvalue weighted by atomic mass is 10.2. The Kier molecular flexibility index (Phi) is 4.32. The molecule has 1 aromatic carbocycles. The minimum atomic E-state index is -3.28. The van der Waals surface area contributed by atoms with Crippen LogP contribution in [0.1, 0.15) is 33.3 Å². The monoisotopic (exact) mass is 340 g/mol. The Morgan fingerprint density at radius 1 is 1.32 bits per heavy atom. The van der Waals surface area contributed by atoms with Crippen molar-refractivity contribution in [2.45, 2.75) is 44.2 Å². The first-order chi connectivity index (χ1) is 10.0. The van der Waals surface area contributed by atoms with Crippen molar-refractivity contribution < 1.29 is 13.2 Å². The molecule has 0 spiro atoms. The molecule has 1 saturated heterocycles. The Bertz CT molecular complexity index is 721. The molecule has 1 unspecified atom stereocenters. The first-order valence-corrected chi connectivity index (χ1v) is 9.05. The molecule has 22 heavy (non-hydrogen) atoms. The van der Waals surface area contributed by atoms with Gasteiger partial charge in [-0.15, -0.1) is 0 Å². The van der Waals surface area contributed by atoms with Gasteiger partial charge in [-0.3, -0.25) is 9.69 Å². The number of anilines is 1. The number of amides is 1. The van der Waals surface area contributed by atoms with E-state index in [9.17, 15) is 13.2 Å². The highest BCUT2D eigenvalue weighted by molar-refractivity contribution is 7.91. The van der Waals surface area contributed by atoms with Crippen LogP contribution in [-0.2, 0) is 20.4 Å². The van der Waals surface area contributed by atoms with Crippen LogP contribution < -0.4 is 10.2 Å². The predicted molar refractivity (Wildman–Crippen MR) is 91.5 cm³/mol. The van der Waals surface area contributed by atoms with E-state index in [1.54, 1.807) is 52.0 Å². The third-order valence-electron chi connectivity index (χ3n) is 3.59. The summed E-state index contributed by atoms with van der Waals surface area (Å²) in [4.78, 5) is 13.5. The van der Waals surface area contributed by atoms with Crippen LogP contribution in [0.3, 0.4) is 0 Å². The lowest BCUT2D eigenvalue weighted by molar-refractivity contribution is -0.117. The summed E-state index contributed by atoms with van der Waals surface area (Å²) < 4.78 is 23.8. The van der Waals surface area contributed by atoms with E-state index in [1.807, 2.05) is 0 Å². The van der Waals surface area contributed by atoms with Crippen molar-refractivity contribution in [3.05, 3.63) is 29.8 Å². The highest BCUT2D eigenvalue weighted by atomic mass is 32.2. The number of nitrogens with one attached hydrogen (secondary N) is 1. The number of carbonyl (C=O) groups is 1. The van der Waals surface area contributed by atoms with Gasteiger partial charge in [0.2, 0.25) is 0 Å². The first kappa shape index (κ1) is 16.9. The van der Waals surface area contributed by atoms with Crippen LogP contribution in [-0.4, -0.2) is 30.2 Å². The molecule has 1 amide bonds. The highest BCUT2D eigenvalue weighted by Crippen LogP contribution is 2.25. The highest BCUT2D eigenvalue weighted by Gasteiger charge is 2.34. The zero-order valence-corrected chi connectivity index (χ0v) is 14.7. The summed E-state index contributed by atoms with van der Waals surface area (Å²) in [7, 11) is -3.28. The fraction of sp³-hybridized carbons (Fsp3) is 0.467. The lowest BCUT2D eigenvalue weighted by Crippen LogP contribution is -2.31. The van der Waals surface area contributed by atoms with E-state index < -0.39 is 14.6 Å². The smallest absolute Gasteiger partial charge is 0.255 e. The van der Waals surface area contributed by atoms with E-state index in [1.165, 1.54) is 4.90 Å². The van der Waals surface area contributed by atoms with Gasteiger partial charge in [-0.1, -0.05) is 12.1 Å². The summed E-state index contributed by atoms with van der Waals surface area (Å²) in [5.74, 6) is -0.205. The molecule has 120 valence electrons. The zero-order valence-electron chi connectivity index (χ0n) is 13.1. The van der Waals surface area contributed by atoms with Gasteiger partial charge >= 0.3 is 0 Å². The Morgan fingerprint density at radius 3 is 2.45 bits per heavy atom. The van der Waals surface area contributed by atoms with Gasteiger partial charge in [0.15, 0.2) is 14.9 Å². The molecule has 7 heteroatoms. The van der Waals surface area contributed by atoms with Crippen molar-refractivity contribution in [1.29, 1.82) is 0 Å². The fourth-order valence-electron chi connectivity index (χ4n) is 2.07. The number of thiocarbonyl (C=S) groups is 1. The van der Waals surface area contributed by atoms with Crippen molar-refractivity contribution >= 4 is 38.8 Å². The number of nitrogens with zero attached hydrogens (tertiary/aromatic N) is 1. The van der Waals surface area contributed by atoms with E-state index in [0.29, 0.717) is 16.4 Å². The zero-order chi connectivity index (χ0) is 16.7. The summed E-state index contributed by atoms with van der Waals surface area (Å²) in [5.41, 5.74) is 1.23. The maximum atomic E-state index is 12.3. The van der Waals surface area contributed by atoms with Crippen LogP contribution in [0.25, 0.3) is 0 Å². The largest absolute Gasteiger partial charge is 0.350 e. The Balaban J connectivity index is 2.33. The second-order valence-corrected chi connectivity index (χ2v) is 9.52. The van der Waals surface area contributed by atoms with Crippen molar-refractivity contribution in [2.75, 3.05) is 4.90 Å². The van der Waals surface area contributed by atoms with Crippen LogP contribution in [0.4, 0.5) is 5.69 Å². The predicted octanol–water partition coefficient (Wildman–Crippen LogP) is 2.01. The quantitative estimate of drug-likeness (QED) is 0.853. The van der Waals surface area contributed by atoms with Gasteiger partial charge in [-0.2, -0.15) is 0 Å². The number of rotatable bonds is 3. The number of carbonyl (C=O) groups excluding carboxylic acids is 1. The van der Waals surface area contributed by atoms with Gasteiger partial charge in [-0.25, -0.2) is 8.42 Å². The molecule has 1 heterocycles. The molecule has 1 fully saturated rings. The average molecular weight is 340 g/mol. The summed E-state index contributed by atoms with van der Waals surface area (Å²) in [6.45, 7) is 6.77. The van der Waals surface area contributed by atoms with E-state index in [2.05, 4.69) is 5.32 Å². The number of sulfone groups is 1. The molecular formula is C15H20N2O3S2. The van der Waals surface area contributed by atoms with Crippen LogP contribution in [0, 0.1) is 0 Å². The van der Waals surface area contributed by atoms with E-state index in [-0.39, 0.29) is 17.7 Å². The molecule has 1 atom stereocenters. The summed E-state index contributed by atoms with van der Waals surface area (Å²) >= 11 is 5.16. The molecule has 1 aliphatic rings. The van der Waals surface area contributed by atoms with Crippen LogP contribution in [0.2, 0.25) is 0 Å². The maximum absolute atomic E-state index is 12.3. The topological polar surface area (TPSA) is 66.5 Å². The molecule has 0 aromatic heterocycles. The molecule has 0 aliphatic carbocycles. The molecule has 1 aliphatic heterocycles. The van der Waals surface area contributed by atoms with Gasteiger partial charge < -0.3 is 5.32 Å². The Hall–Kier alpha value is -1.47. The second-order valence-electron chi connectivity index (χ2n) is 6.39. The first-order valence-electron chi connectivity index (χ1n) is 6.98. The van der Waals surface area contributed by atoms with Gasteiger partial charge in [-0.05, 0) is 57.6 Å². The molecule has 5 nitrogen and oxygen atoms in total. The summed E-state index contributed by atoms with van der Waals surface area (Å²) in [6, 6.07) is 6.56. The minimum Gasteiger partial charge on any atom is -0.350 e. The molecule has 2 rings (SSSR count). The Labute approximate surface area is 136 Å². The van der Waals surface area contributed by atoms with Gasteiger partial charge in [0.25, 0.3) is 5.91 Å². The van der Waals surface area contributed by atoms with Gasteiger partial charge in [0.1, 0.15) is 6.04 Å². The molecule has 0 saturated carbocycles. The van der Waals surface area contributed by atoms with Crippen molar-refractivity contribution in [3.63, 3.8) is 0 Å². The lowest BCUT2D eigenvalue weighted by Gasteiger charge is -2.20. The van der Waals surface area contributed by atoms with E-state index >= 15 is 0 Å². The second kappa shape index (κ2) is 5.62. The van der Waals surface area contributed by atoms with Crippen molar-refractivity contribution in [3.8, 4) is 0 Å². The summed E-state index contributed by atoms with van der Waals surface area (Å²) in [5, 5.41) is 3.24. The third kappa shape index (κ3) is 3.15. The number of benzene rings is 1. The molecule has 1 aromatic rings. The normalized spacial score (nSPS) is 19.5. The van der Waals surface area contributed by atoms with Gasteiger partial charge in [0.05, 0.1) is 16.2 Å². The third-order valence-corrected chi connectivity index (χ3v) is 6.47. The molecule has 0 radical (unpaired) electrons. The minimum absolute atomic E-state index is 0.0673. The SMILES string of the molecule is CC1NC(=S)N(c2cccc(CS(=O)(=O)C(C)(C)C)c2)C1=O. The Morgan fingerprint density at radius 2 is 1.95 bits per heavy atom. The van der Waals surface area contributed by atoms with Crippen LogP contribution in [0.15, 0.2) is 24.3 Å². The van der Waals surface area contributed by atoms with Crippen molar-refractivity contribution in [1.82, 2.24) is 5.32 Å². The van der Waals surface area contributed by atoms with E-state index in [4.69, 9.17) is 12.2 Å². The van der Waals surface area contributed by atoms with Crippen LogP contribution in [0.5, 0.6) is 0 Å². The van der Waals surface area contributed by atoms with E-state index in [0.717, 1.165) is 0 Å². The average Bonchev–Trinajstić information content (AvgIpc) is 2.61. The fourth-order valence-corrected chi connectivity index (χ4v) is 3.49. The maximum Gasteiger partial charge on any atom is 0.255 e. The van der Waals surface area contributed by atoms with Crippen molar-refractivity contribution in [2.24, 2.45) is 0 Å². The molecule has 0 bridgehead atoms. The number of hydrogen-bond acceptors (Lipinski definition) is 4. The molecular weight excluding hydrogens is 320 g/mol. The molecule has 1 N–H and O–H groups in total. The van der Waals surface area contributed by atoms with Crippen LogP contribution >= 0.6 is 12.2 Å². The van der Waals surface area contributed by atoms with Gasteiger partial charge in [0, 0.05) is 0 Å².